The second kappa shape index (κ2) is 7.11. The number of hydrogen-bond donors (Lipinski definition) is 1. The van der Waals surface area contributed by atoms with Gasteiger partial charge in [-0.25, -0.2) is 0 Å². The second-order valence-corrected chi connectivity index (χ2v) is 5.80. The Labute approximate surface area is 148 Å². The van der Waals surface area contributed by atoms with Crippen molar-refractivity contribution in [2.75, 3.05) is 6.79 Å². The number of rotatable bonds is 4. The van der Waals surface area contributed by atoms with Gasteiger partial charge in [-0.3, -0.25) is 4.79 Å². The van der Waals surface area contributed by atoms with Crippen LogP contribution in [-0.2, 0) is 11.0 Å². The lowest BCUT2D eigenvalue weighted by molar-refractivity contribution is -0.137. The van der Waals surface area contributed by atoms with Crippen LogP contribution in [0.4, 0.5) is 13.2 Å². The third kappa shape index (κ3) is 4.17. The lowest BCUT2D eigenvalue weighted by atomic mass is 10.0. The van der Waals surface area contributed by atoms with E-state index < -0.39 is 23.7 Å². The molecule has 1 atom stereocenters. The molecule has 1 aliphatic heterocycles. The molecule has 0 bridgehead atoms. The smallest absolute Gasteiger partial charge is 0.416 e. The maximum atomic E-state index is 12.8. The molecule has 3 rings (SSSR count). The standard InChI is InChI=1S/C19H16F3NO3/c1-12(14-3-2-4-15(10-14)19(20,21)22)23-18(24)8-6-13-5-7-16-17(9-13)26-11-25-16/h2-10,12H,11H2,1H3,(H,23,24). The molecule has 1 unspecified atom stereocenters. The zero-order chi connectivity index (χ0) is 18.7. The highest BCUT2D eigenvalue weighted by Crippen LogP contribution is 2.33. The topological polar surface area (TPSA) is 47.6 Å². The van der Waals surface area contributed by atoms with Gasteiger partial charge in [-0.05, 0) is 48.4 Å². The molecule has 0 saturated carbocycles. The number of hydrogen-bond acceptors (Lipinski definition) is 3. The van der Waals surface area contributed by atoms with Crippen LogP contribution in [0, 0.1) is 0 Å². The zero-order valence-electron chi connectivity index (χ0n) is 13.8. The van der Waals surface area contributed by atoms with Gasteiger partial charge in [0.15, 0.2) is 11.5 Å². The molecule has 1 amide bonds. The predicted molar refractivity (Wildman–Crippen MR) is 89.6 cm³/mol. The van der Waals surface area contributed by atoms with E-state index in [1.54, 1.807) is 37.3 Å². The van der Waals surface area contributed by atoms with E-state index >= 15 is 0 Å². The third-order valence-corrected chi connectivity index (χ3v) is 3.90. The maximum absolute atomic E-state index is 12.8. The van der Waals surface area contributed by atoms with Crippen LogP contribution in [0.15, 0.2) is 48.5 Å². The number of carbonyl (C=O) groups excluding carboxylic acids is 1. The summed E-state index contributed by atoms with van der Waals surface area (Å²) in [6, 6.07) is 9.59. The quantitative estimate of drug-likeness (QED) is 0.823. The van der Waals surface area contributed by atoms with Gasteiger partial charge in [-0.1, -0.05) is 18.2 Å². The maximum Gasteiger partial charge on any atom is 0.416 e. The van der Waals surface area contributed by atoms with Crippen LogP contribution < -0.4 is 14.8 Å². The Morgan fingerprint density at radius 3 is 2.69 bits per heavy atom. The normalized spacial score (nSPS) is 14.5. The first kappa shape index (κ1) is 17.8. The van der Waals surface area contributed by atoms with E-state index in [0.717, 1.165) is 17.7 Å². The highest BCUT2D eigenvalue weighted by atomic mass is 19.4. The molecule has 4 nitrogen and oxygen atoms in total. The molecular formula is C19H16F3NO3. The second-order valence-electron chi connectivity index (χ2n) is 5.80. The number of alkyl halides is 3. The molecule has 1 N–H and O–H groups in total. The van der Waals surface area contributed by atoms with E-state index in [2.05, 4.69) is 5.32 Å². The molecule has 0 saturated heterocycles. The molecule has 1 aliphatic rings. The van der Waals surface area contributed by atoms with E-state index in [4.69, 9.17) is 9.47 Å². The minimum Gasteiger partial charge on any atom is -0.454 e. The van der Waals surface area contributed by atoms with Crippen molar-refractivity contribution in [3.63, 3.8) is 0 Å². The summed E-state index contributed by atoms with van der Waals surface area (Å²) in [5.41, 5.74) is 0.382. The highest BCUT2D eigenvalue weighted by Gasteiger charge is 2.30. The SMILES string of the molecule is CC(NC(=O)C=Cc1ccc2c(c1)OCO2)c1cccc(C(F)(F)F)c1. The van der Waals surface area contributed by atoms with E-state index in [-0.39, 0.29) is 6.79 Å². The lowest BCUT2D eigenvalue weighted by Gasteiger charge is -2.15. The van der Waals surface area contributed by atoms with Gasteiger partial charge in [0.1, 0.15) is 0 Å². The van der Waals surface area contributed by atoms with Crippen LogP contribution in [0.1, 0.15) is 29.7 Å². The summed E-state index contributed by atoms with van der Waals surface area (Å²) in [5.74, 6) is 0.835. The Hall–Kier alpha value is -2.96. The van der Waals surface area contributed by atoms with Crippen molar-refractivity contribution in [2.24, 2.45) is 0 Å². The fraction of sp³-hybridized carbons (Fsp3) is 0.211. The lowest BCUT2D eigenvalue weighted by Crippen LogP contribution is -2.24. The molecule has 0 radical (unpaired) electrons. The van der Waals surface area contributed by atoms with Crippen LogP contribution in [-0.4, -0.2) is 12.7 Å². The molecule has 136 valence electrons. The van der Waals surface area contributed by atoms with Crippen LogP contribution in [0.3, 0.4) is 0 Å². The van der Waals surface area contributed by atoms with Gasteiger partial charge in [0.2, 0.25) is 12.7 Å². The molecule has 26 heavy (non-hydrogen) atoms. The minimum absolute atomic E-state index is 0.164. The summed E-state index contributed by atoms with van der Waals surface area (Å²) in [4.78, 5) is 12.0. The van der Waals surface area contributed by atoms with Crippen LogP contribution in [0.2, 0.25) is 0 Å². The molecule has 2 aromatic carbocycles. The number of fused-ring (bicyclic) bond motifs is 1. The molecule has 0 spiro atoms. The predicted octanol–water partition coefficient (Wildman–Crippen LogP) is 4.32. The Kier molecular flexibility index (Phi) is 4.88. The molecule has 0 aromatic heterocycles. The van der Waals surface area contributed by atoms with Gasteiger partial charge in [0.05, 0.1) is 11.6 Å². The van der Waals surface area contributed by atoms with E-state index in [1.807, 2.05) is 0 Å². The van der Waals surface area contributed by atoms with Gasteiger partial charge >= 0.3 is 6.18 Å². The van der Waals surface area contributed by atoms with Gasteiger partial charge in [-0.15, -0.1) is 0 Å². The highest BCUT2D eigenvalue weighted by molar-refractivity contribution is 5.92. The van der Waals surface area contributed by atoms with Gasteiger partial charge in [0, 0.05) is 6.08 Å². The Bertz CT molecular complexity index is 846. The van der Waals surface area contributed by atoms with E-state index in [1.165, 1.54) is 12.1 Å². The number of amides is 1. The van der Waals surface area contributed by atoms with Crippen molar-refractivity contribution >= 4 is 12.0 Å². The number of ether oxygens (including phenoxy) is 2. The number of halogens is 3. The van der Waals surface area contributed by atoms with Crippen LogP contribution >= 0.6 is 0 Å². The van der Waals surface area contributed by atoms with Gasteiger partial charge < -0.3 is 14.8 Å². The summed E-state index contributed by atoms with van der Waals surface area (Å²) in [6.45, 7) is 1.79. The number of nitrogens with one attached hydrogen (secondary N) is 1. The molecule has 2 aromatic rings. The molecule has 0 aliphatic carbocycles. The molecule has 0 fully saturated rings. The Morgan fingerprint density at radius 1 is 1.15 bits per heavy atom. The summed E-state index contributed by atoms with van der Waals surface area (Å²) in [5, 5.41) is 2.65. The van der Waals surface area contributed by atoms with Crippen molar-refractivity contribution < 1.29 is 27.4 Å². The van der Waals surface area contributed by atoms with Crippen molar-refractivity contribution in [3.05, 3.63) is 65.2 Å². The molecular weight excluding hydrogens is 347 g/mol. The van der Waals surface area contributed by atoms with E-state index in [0.29, 0.717) is 17.1 Å². The van der Waals surface area contributed by atoms with Gasteiger partial charge in [-0.2, -0.15) is 13.2 Å². The molecule has 7 heteroatoms. The zero-order valence-corrected chi connectivity index (χ0v) is 13.8. The fourth-order valence-electron chi connectivity index (χ4n) is 2.52. The summed E-state index contributed by atoms with van der Waals surface area (Å²) < 4.78 is 48.8. The van der Waals surface area contributed by atoms with Crippen molar-refractivity contribution in [3.8, 4) is 11.5 Å². The average molecular weight is 363 g/mol. The first-order chi connectivity index (χ1) is 12.3. The largest absolute Gasteiger partial charge is 0.454 e. The minimum atomic E-state index is -4.42. The van der Waals surface area contributed by atoms with Crippen LogP contribution in [0.25, 0.3) is 6.08 Å². The summed E-state index contributed by atoms with van der Waals surface area (Å²) in [6.07, 6.45) is -1.50. The summed E-state index contributed by atoms with van der Waals surface area (Å²) in [7, 11) is 0. The monoisotopic (exact) mass is 363 g/mol. The Morgan fingerprint density at radius 2 is 1.92 bits per heavy atom. The summed E-state index contributed by atoms with van der Waals surface area (Å²) >= 11 is 0. The first-order valence-electron chi connectivity index (χ1n) is 7.88. The van der Waals surface area contributed by atoms with Crippen LogP contribution in [0.5, 0.6) is 11.5 Å². The van der Waals surface area contributed by atoms with Crippen molar-refractivity contribution in [1.29, 1.82) is 0 Å². The average Bonchev–Trinajstić information content (AvgIpc) is 3.07. The van der Waals surface area contributed by atoms with Gasteiger partial charge in [0.25, 0.3) is 0 Å². The molecule has 1 heterocycles. The Balaban J connectivity index is 1.64. The third-order valence-electron chi connectivity index (χ3n) is 3.90. The fourth-order valence-corrected chi connectivity index (χ4v) is 2.52. The number of benzene rings is 2. The van der Waals surface area contributed by atoms with Crippen molar-refractivity contribution in [2.45, 2.75) is 19.1 Å². The van der Waals surface area contributed by atoms with E-state index in [9.17, 15) is 18.0 Å². The van der Waals surface area contributed by atoms with Crippen molar-refractivity contribution in [1.82, 2.24) is 5.32 Å². The first-order valence-corrected chi connectivity index (χ1v) is 7.88. The number of carbonyl (C=O) groups is 1.